The van der Waals surface area contributed by atoms with E-state index in [-0.39, 0.29) is 0 Å². The molecule has 114 valence electrons. The molecular weight excluding hydrogens is 290 g/mol. The summed E-state index contributed by atoms with van der Waals surface area (Å²) >= 11 is 0. The third-order valence-electron chi connectivity index (χ3n) is 4.09. The molecule has 23 heavy (non-hydrogen) atoms. The van der Waals surface area contributed by atoms with Crippen molar-refractivity contribution in [2.24, 2.45) is 5.73 Å². The van der Waals surface area contributed by atoms with Crippen molar-refractivity contribution in [1.29, 1.82) is 0 Å². The van der Waals surface area contributed by atoms with Gasteiger partial charge < -0.3 is 11.1 Å². The van der Waals surface area contributed by atoms with Gasteiger partial charge in [-0.05, 0) is 24.4 Å². The van der Waals surface area contributed by atoms with Crippen LogP contribution >= 0.6 is 0 Å². The molecule has 1 amide bonds. The lowest BCUT2D eigenvalue weighted by atomic mass is 10.1. The molecule has 2 aromatic heterocycles. The summed E-state index contributed by atoms with van der Waals surface area (Å²) < 4.78 is 1.76. The minimum Gasteiger partial charge on any atom is -0.366 e. The minimum absolute atomic E-state index is 0.390. The minimum atomic E-state index is -0.420. The number of aromatic nitrogens is 3. The topological polar surface area (TPSA) is 85.8 Å². The Labute approximate surface area is 132 Å². The molecule has 0 fully saturated rings. The van der Waals surface area contributed by atoms with Gasteiger partial charge in [-0.15, -0.1) is 0 Å². The summed E-state index contributed by atoms with van der Waals surface area (Å²) in [7, 11) is 0. The summed E-state index contributed by atoms with van der Waals surface area (Å²) in [6, 6.07) is 10.1. The molecule has 6 nitrogen and oxygen atoms in total. The second-order valence-electron chi connectivity index (χ2n) is 5.60. The fourth-order valence-corrected chi connectivity index (χ4v) is 2.82. The van der Waals surface area contributed by atoms with Gasteiger partial charge >= 0.3 is 0 Å². The van der Waals surface area contributed by atoms with Gasteiger partial charge in [0.15, 0.2) is 0 Å². The van der Waals surface area contributed by atoms with Gasteiger partial charge in [-0.3, -0.25) is 9.78 Å². The highest BCUT2D eigenvalue weighted by Gasteiger charge is 2.20. The Kier molecular flexibility index (Phi) is 2.90. The van der Waals surface area contributed by atoms with Gasteiger partial charge in [0, 0.05) is 35.1 Å². The van der Waals surface area contributed by atoms with Crippen LogP contribution < -0.4 is 11.1 Å². The maximum absolute atomic E-state index is 11.5. The SMILES string of the molecule is CC1=C(C(N)=O)Cn2nc(-c3ccc4cnccc4c3)cc2N1. The van der Waals surface area contributed by atoms with Crippen LogP contribution in [0.25, 0.3) is 22.0 Å². The molecule has 1 aromatic carbocycles. The maximum atomic E-state index is 11.5. The summed E-state index contributed by atoms with van der Waals surface area (Å²) in [4.78, 5) is 15.6. The second kappa shape index (κ2) is 4.95. The predicted octanol–water partition coefficient (Wildman–Crippen LogP) is 2.28. The number of allylic oxidation sites excluding steroid dienone is 1. The standard InChI is InChI=1S/C17H15N5O/c1-10-14(17(18)23)9-22-16(20-10)7-15(21-22)12-2-3-13-8-19-5-4-11(13)6-12/h2-8,20H,9H2,1H3,(H2,18,23). The van der Waals surface area contributed by atoms with Crippen molar-refractivity contribution in [3.05, 3.63) is 54.0 Å². The van der Waals surface area contributed by atoms with Crippen LogP contribution in [0, 0.1) is 0 Å². The van der Waals surface area contributed by atoms with Crippen LogP contribution in [0.4, 0.5) is 5.82 Å². The molecule has 0 unspecified atom stereocenters. The first-order valence-corrected chi connectivity index (χ1v) is 7.30. The Morgan fingerprint density at radius 3 is 2.96 bits per heavy atom. The molecule has 0 aliphatic carbocycles. The van der Waals surface area contributed by atoms with Crippen molar-refractivity contribution >= 4 is 22.5 Å². The number of benzene rings is 1. The lowest BCUT2D eigenvalue weighted by Gasteiger charge is -2.19. The number of fused-ring (bicyclic) bond motifs is 2. The van der Waals surface area contributed by atoms with Gasteiger partial charge in [-0.2, -0.15) is 5.10 Å². The van der Waals surface area contributed by atoms with E-state index in [0.717, 1.165) is 33.5 Å². The monoisotopic (exact) mass is 305 g/mol. The number of pyridine rings is 1. The molecule has 3 heterocycles. The number of amides is 1. The van der Waals surface area contributed by atoms with Crippen molar-refractivity contribution in [3.63, 3.8) is 0 Å². The summed E-state index contributed by atoms with van der Waals surface area (Å²) in [6.45, 7) is 2.24. The van der Waals surface area contributed by atoms with E-state index < -0.39 is 5.91 Å². The summed E-state index contributed by atoms with van der Waals surface area (Å²) in [6.07, 6.45) is 3.61. The molecule has 4 rings (SSSR count). The molecule has 0 spiro atoms. The molecule has 3 N–H and O–H groups in total. The highest BCUT2D eigenvalue weighted by Crippen LogP contribution is 2.28. The zero-order valence-electron chi connectivity index (χ0n) is 12.6. The fourth-order valence-electron chi connectivity index (χ4n) is 2.82. The van der Waals surface area contributed by atoms with Crippen molar-refractivity contribution in [2.45, 2.75) is 13.5 Å². The lowest BCUT2D eigenvalue weighted by molar-refractivity contribution is -0.114. The fraction of sp³-hybridized carbons (Fsp3) is 0.118. The van der Waals surface area contributed by atoms with Gasteiger partial charge in [0.05, 0.1) is 17.8 Å². The highest BCUT2D eigenvalue weighted by molar-refractivity contribution is 5.93. The average Bonchev–Trinajstić information content (AvgIpc) is 2.96. The van der Waals surface area contributed by atoms with Gasteiger partial charge in [0.1, 0.15) is 5.82 Å². The number of hydrogen-bond acceptors (Lipinski definition) is 4. The molecule has 0 radical (unpaired) electrons. The largest absolute Gasteiger partial charge is 0.366 e. The van der Waals surface area contributed by atoms with Crippen LogP contribution in [0.2, 0.25) is 0 Å². The number of anilines is 1. The van der Waals surface area contributed by atoms with E-state index in [2.05, 4.69) is 21.5 Å². The van der Waals surface area contributed by atoms with E-state index in [9.17, 15) is 4.79 Å². The number of hydrogen-bond donors (Lipinski definition) is 2. The maximum Gasteiger partial charge on any atom is 0.248 e. The normalized spacial score (nSPS) is 13.8. The third-order valence-corrected chi connectivity index (χ3v) is 4.09. The lowest BCUT2D eigenvalue weighted by Crippen LogP contribution is -2.26. The first kappa shape index (κ1) is 13.5. The van der Waals surface area contributed by atoms with E-state index in [1.807, 2.05) is 37.4 Å². The first-order chi connectivity index (χ1) is 11.1. The Morgan fingerprint density at radius 1 is 1.26 bits per heavy atom. The van der Waals surface area contributed by atoms with Crippen LogP contribution in [0.1, 0.15) is 6.92 Å². The molecule has 1 aliphatic rings. The number of carbonyl (C=O) groups is 1. The van der Waals surface area contributed by atoms with Crippen LogP contribution in [-0.2, 0) is 11.3 Å². The summed E-state index contributed by atoms with van der Waals surface area (Å²) in [5, 5.41) is 9.98. The van der Waals surface area contributed by atoms with Gasteiger partial charge in [0.25, 0.3) is 0 Å². The van der Waals surface area contributed by atoms with Crippen LogP contribution in [0.5, 0.6) is 0 Å². The Hall–Kier alpha value is -3.15. The predicted molar refractivity (Wildman–Crippen MR) is 88.5 cm³/mol. The Balaban J connectivity index is 1.75. The van der Waals surface area contributed by atoms with Crippen molar-refractivity contribution in [1.82, 2.24) is 14.8 Å². The van der Waals surface area contributed by atoms with Gasteiger partial charge in [-0.25, -0.2) is 4.68 Å². The molecular formula is C17H15N5O. The van der Waals surface area contributed by atoms with Crippen molar-refractivity contribution in [2.75, 3.05) is 5.32 Å². The van der Waals surface area contributed by atoms with Crippen LogP contribution in [0.15, 0.2) is 54.0 Å². The molecule has 1 aliphatic heterocycles. The van der Waals surface area contributed by atoms with E-state index >= 15 is 0 Å². The van der Waals surface area contributed by atoms with Gasteiger partial charge in [-0.1, -0.05) is 12.1 Å². The van der Waals surface area contributed by atoms with Crippen molar-refractivity contribution < 1.29 is 4.79 Å². The quantitative estimate of drug-likeness (QED) is 0.760. The molecule has 0 saturated heterocycles. The van der Waals surface area contributed by atoms with E-state index in [1.54, 1.807) is 10.9 Å². The first-order valence-electron chi connectivity index (χ1n) is 7.30. The zero-order valence-corrected chi connectivity index (χ0v) is 12.6. The molecule has 0 bridgehead atoms. The van der Waals surface area contributed by atoms with E-state index in [0.29, 0.717) is 12.1 Å². The summed E-state index contributed by atoms with van der Waals surface area (Å²) in [5.74, 6) is 0.438. The molecule has 0 saturated carbocycles. The third kappa shape index (κ3) is 2.24. The van der Waals surface area contributed by atoms with Gasteiger partial charge in [0.2, 0.25) is 5.91 Å². The van der Waals surface area contributed by atoms with Crippen LogP contribution in [0.3, 0.4) is 0 Å². The molecule has 3 aromatic rings. The Morgan fingerprint density at radius 2 is 2.13 bits per heavy atom. The van der Waals surface area contributed by atoms with Crippen LogP contribution in [-0.4, -0.2) is 20.7 Å². The zero-order chi connectivity index (χ0) is 16.0. The number of nitrogens with two attached hydrogens (primary N) is 1. The van der Waals surface area contributed by atoms with E-state index in [1.165, 1.54) is 0 Å². The number of nitrogens with zero attached hydrogens (tertiary/aromatic N) is 3. The molecule has 0 atom stereocenters. The second-order valence-corrected chi connectivity index (χ2v) is 5.60. The summed E-state index contributed by atoms with van der Waals surface area (Å²) in [5.41, 5.74) is 8.61. The van der Waals surface area contributed by atoms with E-state index in [4.69, 9.17) is 5.73 Å². The average molecular weight is 305 g/mol. The van der Waals surface area contributed by atoms with Crippen molar-refractivity contribution in [3.8, 4) is 11.3 Å². The highest BCUT2D eigenvalue weighted by atomic mass is 16.1. The number of rotatable bonds is 2. The number of primary amides is 1. The molecule has 6 heteroatoms. The number of carbonyl (C=O) groups excluding carboxylic acids is 1. The Bertz CT molecular complexity index is 970. The smallest absolute Gasteiger partial charge is 0.248 e. The number of nitrogens with one attached hydrogen (secondary N) is 1.